The number of fused-ring (bicyclic) bond motifs is 1. The largest absolute Gasteiger partial charge is 0.389 e. The molecule has 0 aliphatic carbocycles. The third-order valence-electron chi connectivity index (χ3n) is 3.26. The Labute approximate surface area is 127 Å². The number of hydrogen-bond acceptors (Lipinski definition) is 6. The molecule has 3 rings (SSSR count). The molecule has 22 heavy (non-hydrogen) atoms. The van der Waals surface area contributed by atoms with E-state index in [0.717, 1.165) is 5.56 Å². The summed E-state index contributed by atoms with van der Waals surface area (Å²) in [6.45, 7) is 1.04. The number of hydrogen-bond donors (Lipinski definition) is 2. The topological polar surface area (TPSA) is 99.1 Å². The van der Waals surface area contributed by atoms with Crippen molar-refractivity contribution < 1.29 is 9.84 Å². The molecule has 0 spiro atoms. The average Bonchev–Trinajstić information content (AvgIpc) is 2.93. The van der Waals surface area contributed by atoms with E-state index in [4.69, 9.17) is 10.5 Å². The molecule has 7 heteroatoms. The predicted octanol–water partition coefficient (Wildman–Crippen LogP) is 0.986. The van der Waals surface area contributed by atoms with Crippen LogP contribution >= 0.6 is 0 Å². The number of rotatable bonds is 6. The first-order valence-electron chi connectivity index (χ1n) is 6.95. The van der Waals surface area contributed by atoms with Crippen molar-refractivity contribution in [2.75, 3.05) is 12.3 Å². The number of benzene rings is 1. The van der Waals surface area contributed by atoms with Crippen LogP contribution in [0.15, 0.2) is 43.0 Å². The van der Waals surface area contributed by atoms with Crippen LogP contribution in [0.4, 0.5) is 5.82 Å². The van der Waals surface area contributed by atoms with Gasteiger partial charge in [0.15, 0.2) is 11.5 Å². The highest BCUT2D eigenvalue weighted by molar-refractivity contribution is 5.81. The van der Waals surface area contributed by atoms with Crippen LogP contribution in [-0.2, 0) is 17.9 Å². The van der Waals surface area contributed by atoms with Gasteiger partial charge in [-0.05, 0) is 5.56 Å². The van der Waals surface area contributed by atoms with Crippen LogP contribution in [0.3, 0.4) is 0 Å². The van der Waals surface area contributed by atoms with Crippen LogP contribution < -0.4 is 5.73 Å². The van der Waals surface area contributed by atoms with Crippen LogP contribution in [-0.4, -0.2) is 37.3 Å². The lowest BCUT2D eigenvalue weighted by Gasteiger charge is -2.12. The summed E-state index contributed by atoms with van der Waals surface area (Å²) >= 11 is 0. The fraction of sp³-hybridized carbons (Fsp3) is 0.267. The third-order valence-corrected chi connectivity index (χ3v) is 3.26. The summed E-state index contributed by atoms with van der Waals surface area (Å²) in [6, 6.07) is 9.83. The molecule has 0 amide bonds. The molecule has 0 fully saturated rings. The number of anilines is 1. The Balaban J connectivity index is 1.57. The van der Waals surface area contributed by atoms with Crippen molar-refractivity contribution >= 4 is 17.0 Å². The van der Waals surface area contributed by atoms with Gasteiger partial charge in [-0.2, -0.15) is 0 Å². The normalized spacial score (nSPS) is 12.6. The molecule has 0 bridgehead atoms. The monoisotopic (exact) mass is 299 g/mol. The fourth-order valence-electron chi connectivity index (χ4n) is 2.20. The molecule has 0 saturated carbocycles. The van der Waals surface area contributed by atoms with E-state index >= 15 is 0 Å². The molecule has 3 aromatic rings. The minimum absolute atomic E-state index is 0.231. The molecule has 7 nitrogen and oxygen atoms in total. The molecular formula is C15H17N5O2. The van der Waals surface area contributed by atoms with Gasteiger partial charge in [0.2, 0.25) is 0 Å². The SMILES string of the molecule is Nc1ncnc2c1ncn2C[C@@H](O)COCc1ccccc1. The van der Waals surface area contributed by atoms with Crippen molar-refractivity contribution in [3.63, 3.8) is 0 Å². The Hall–Kier alpha value is -2.51. The van der Waals surface area contributed by atoms with E-state index in [9.17, 15) is 5.11 Å². The maximum absolute atomic E-state index is 10.1. The summed E-state index contributed by atoms with van der Waals surface area (Å²) in [6.07, 6.45) is 2.32. The number of nitrogens with zero attached hydrogens (tertiary/aromatic N) is 4. The molecule has 2 aromatic heterocycles. The van der Waals surface area contributed by atoms with Gasteiger partial charge in [-0.3, -0.25) is 0 Å². The van der Waals surface area contributed by atoms with E-state index < -0.39 is 6.10 Å². The van der Waals surface area contributed by atoms with Gasteiger partial charge < -0.3 is 20.1 Å². The zero-order chi connectivity index (χ0) is 15.4. The van der Waals surface area contributed by atoms with Gasteiger partial charge in [0.25, 0.3) is 0 Å². The summed E-state index contributed by atoms with van der Waals surface area (Å²) in [7, 11) is 0. The molecule has 3 N–H and O–H groups in total. The second kappa shape index (κ2) is 6.50. The Morgan fingerprint density at radius 2 is 2.00 bits per heavy atom. The van der Waals surface area contributed by atoms with E-state index in [0.29, 0.717) is 30.1 Å². The van der Waals surface area contributed by atoms with Gasteiger partial charge in [-0.15, -0.1) is 0 Å². The van der Waals surface area contributed by atoms with Crippen molar-refractivity contribution in [2.45, 2.75) is 19.3 Å². The second-order valence-corrected chi connectivity index (χ2v) is 4.98. The van der Waals surface area contributed by atoms with Crippen LogP contribution in [0.5, 0.6) is 0 Å². The van der Waals surface area contributed by atoms with Gasteiger partial charge in [-0.1, -0.05) is 30.3 Å². The van der Waals surface area contributed by atoms with Gasteiger partial charge in [0.05, 0.1) is 32.2 Å². The highest BCUT2D eigenvalue weighted by Gasteiger charge is 2.11. The summed E-state index contributed by atoms with van der Waals surface area (Å²) in [4.78, 5) is 12.2. The number of aliphatic hydroxyl groups excluding tert-OH is 1. The smallest absolute Gasteiger partial charge is 0.165 e. The molecule has 1 aromatic carbocycles. The maximum atomic E-state index is 10.1. The van der Waals surface area contributed by atoms with E-state index in [-0.39, 0.29) is 6.61 Å². The van der Waals surface area contributed by atoms with E-state index in [1.807, 2.05) is 30.3 Å². The standard InChI is InChI=1S/C15H17N5O2/c16-14-13-15(18-9-17-14)20(10-19-13)6-12(21)8-22-7-11-4-2-1-3-5-11/h1-5,9-10,12,21H,6-8H2,(H2,16,17,18)/t12-/m1/s1. The van der Waals surface area contributed by atoms with Gasteiger partial charge in [0, 0.05) is 0 Å². The fourth-order valence-corrected chi connectivity index (χ4v) is 2.20. The van der Waals surface area contributed by atoms with Gasteiger partial charge >= 0.3 is 0 Å². The zero-order valence-corrected chi connectivity index (χ0v) is 12.0. The van der Waals surface area contributed by atoms with Crippen molar-refractivity contribution in [3.8, 4) is 0 Å². The summed E-state index contributed by atoms with van der Waals surface area (Å²) in [5.74, 6) is 0.332. The van der Waals surface area contributed by atoms with Gasteiger partial charge in [-0.25, -0.2) is 15.0 Å². The quantitative estimate of drug-likeness (QED) is 0.704. The number of nitrogens with two attached hydrogens (primary N) is 1. The first-order chi connectivity index (χ1) is 10.7. The first-order valence-corrected chi connectivity index (χ1v) is 6.95. The zero-order valence-electron chi connectivity index (χ0n) is 12.0. The summed E-state index contributed by atoms with van der Waals surface area (Å²) in [5.41, 5.74) is 7.95. The number of aromatic nitrogens is 4. The van der Waals surface area contributed by atoms with Crippen molar-refractivity contribution in [1.29, 1.82) is 0 Å². The van der Waals surface area contributed by atoms with E-state index in [1.165, 1.54) is 6.33 Å². The van der Waals surface area contributed by atoms with E-state index in [2.05, 4.69) is 15.0 Å². The Morgan fingerprint density at radius 1 is 1.18 bits per heavy atom. The van der Waals surface area contributed by atoms with Gasteiger partial charge in [0.1, 0.15) is 11.8 Å². The lowest BCUT2D eigenvalue weighted by atomic mass is 10.2. The predicted molar refractivity (Wildman–Crippen MR) is 81.8 cm³/mol. The minimum Gasteiger partial charge on any atom is -0.389 e. The lowest BCUT2D eigenvalue weighted by Crippen LogP contribution is -2.21. The van der Waals surface area contributed by atoms with Crippen LogP contribution in [0.1, 0.15) is 5.56 Å². The van der Waals surface area contributed by atoms with Crippen LogP contribution in [0.2, 0.25) is 0 Å². The highest BCUT2D eigenvalue weighted by atomic mass is 16.5. The molecule has 0 aliphatic heterocycles. The lowest BCUT2D eigenvalue weighted by molar-refractivity contribution is 0.0208. The second-order valence-electron chi connectivity index (χ2n) is 4.98. The number of ether oxygens (including phenoxy) is 1. The van der Waals surface area contributed by atoms with Crippen molar-refractivity contribution in [2.24, 2.45) is 0 Å². The van der Waals surface area contributed by atoms with Crippen molar-refractivity contribution in [3.05, 3.63) is 48.5 Å². The molecule has 2 heterocycles. The maximum Gasteiger partial charge on any atom is 0.165 e. The number of aliphatic hydroxyl groups is 1. The summed E-state index contributed by atoms with van der Waals surface area (Å²) in [5, 5.41) is 10.1. The molecule has 0 aliphatic rings. The highest BCUT2D eigenvalue weighted by Crippen LogP contribution is 2.14. The van der Waals surface area contributed by atoms with Crippen LogP contribution in [0.25, 0.3) is 11.2 Å². The third kappa shape index (κ3) is 3.21. The minimum atomic E-state index is -0.655. The Bertz CT molecular complexity index is 744. The molecule has 114 valence electrons. The van der Waals surface area contributed by atoms with Crippen LogP contribution in [0, 0.1) is 0 Å². The molecule has 0 radical (unpaired) electrons. The molecular weight excluding hydrogens is 282 g/mol. The first kappa shape index (κ1) is 14.4. The molecule has 0 unspecified atom stereocenters. The number of nitrogen functional groups attached to an aromatic ring is 1. The average molecular weight is 299 g/mol. The Morgan fingerprint density at radius 3 is 2.82 bits per heavy atom. The van der Waals surface area contributed by atoms with Crippen molar-refractivity contribution in [1.82, 2.24) is 19.5 Å². The van der Waals surface area contributed by atoms with E-state index in [1.54, 1.807) is 10.9 Å². The Kier molecular flexibility index (Phi) is 4.27. The molecule has 1 atom stereocenters. The summed E-state index contributed by atoms with van der Waals surface area (Å²) < 4.78 is 7.26. The molecule has 0 saturated heterocycles. The number of imidazole rings is 1.